The summed E-state index contributed by atoms with van der Waals surface area (Å²) in [4.78, 5) is 33.1. The molecule has 3 heterocycles. The SMILES string of the molecule is CCc1ccc(NC(=O)c2cc(C(F)(F)F)cnn2)cc1-c1ccnc(-c2ccnc(C(=O)NC)c2)c1. The first kappa shape index (κ1) is 25.4. The first-order chi connectivity index (χ1) is 17.7. The van der Waals surface area contributed by atoms with Gasteiger partial charge in [-0.15, -0.1) is 5.10 Å². The van der Waals surface area contributed by atoms with Gasteiger partial charge >= 0.3 is 6.18 Å². The summed E-state index contributed by atoms with van der Waals surface area (Å²) in [5.41, 5.74) is 3.01. The third-order valence-electron chi connectivity index (χ3n) is 5.55. The highest BCUT2D eigenvalue weighted by molar-refractivity contribution is 6.03. The Bertz CT molecular complexity index is 1470. The van der Waals surface area contributed by atoms with Crippen LogP contribution in [-0.2, 0) is 12.6 Å². The van der Waals surface area contributed by atoms with Crippen molar-refractivity contribution in [1.82, 2.24) is 25.5 Å². The number of nitrogens with zero attached hydrogens (tertiary/aromatic N) is 4. The third kappa shape index (κ3) is 5.77. The van der Waals surface area contributed by atoms with Crippen molar-refractivity contribution in [3.63, 3.8) is 0 Å². The second-order valence-corrected chi connectivity index (χ2v) is 7.95. The van der Waals surface area contributed by atoms with Crippen LogP contribution in [0.5, 0.6) is 0 Å². The molecule has 0 radical (unpaired) electrons. The number of aryl methyl sites for hydroxylation is 1. The Balaban J connectivity index is 1.66. The smallest absolute Gasteiger partial charge is 0.354 e. The molecule has 2 N–H and O–H groups in total. The average Bonchev–Trinajstić information content (AvgIpc) is 2.92. The molecule has 0 fully saturated rings. The van der Waals surface area contributed by atoms with Crippen molar-refractivity contribution < 1.29 is 22.8 Å². The van der Waals surface area contributed by atoms with Crippen molar-refractivity contribution >= 4 is 17.5 Å². The monoisotopic (exact) mass is 506 g/mol. The lowest BCUT2D eigenvalue weighted by molar-refractivity contribution is -0.137. The molecule has 0 saturated carbocycles. The van der Waals surface area contributed by atoms with E-state index in [0.29, 0.717) is 35.6 Å². The van der Waals surface area contributed by atoms with E-state index >= 15 is 0 Å². The lowest BCUT2D eigenvalue weighted by atomic mass is 9.96. The van der Waals surface area contributed by atoms with Crippen LogP contribution >= 0.6 is 0 Å². The van der Waals surface area contributed by atoms with Gasteiger partial charge in [0.25, 0.3) is 11.8 Å². The molecular formula is C26H21F3N6O2. The average molecular weight is 506 g/mol. The van der Waals surface area contributed by atoms with Crippen LogP contribution in [0.3, 0.4) is 0 Å². The van der Waals surface area contributed by atoms with E-state index in [1.807, 2.05) is 25.1 Å². The number of anilines is 1. The number of nitrogens with one attached hydrogen (secondary N) is 2. The van der Waals surface area contributed by atoms with Gasteiger partial charge in [-0.3, -0.25) is 19.6 Å². The Morgan fingerprint density at radius 2 is 1.65 bits per heavy atom. The van der Waals surface area contributed by atoms with E-state index in [1.54, 1.807) is 30.5 Å². The van der Waals surface area contributed by atoms with E-state index in [0.717, 1.165) is 16.7 Å². The molecule has 4 rings (SSSR count). The number of alkyl halides is 3. The molecule has 0 aliphatic heterocycles. The Labute approximate surface area is 210 Å². The van der Waals surface area contributed by atoms with E-state index in [9.17, 15) is 22.8 Å². The largest absolute Gasteiger partial charge is 0.418 e. The number of pyridine rings is 2. The molecule has 3 aromatic heterocycles. The minimum Gasteiger partial charge on any atom is -0.354 e. The Hall–Kier alpha value is -4.67. The predicted molar refractivity (Wildman–Crippen MR) is 131 cm³/mol. The number of carbonyl (C=O) groups excluding carboxylic acids is 2. The van der Waals surface area contributed by atoms with Gasteiger partial charge in [-0.05, 0) is 65.6 Å². The van der Waals surface area contributed by atoms with Crippen LogP contribution in [0.15, 0.2) is 67.1 Å². The summed E-state index contributed by atoms with van der Waals surface area (Å²) in [5.74, 6) is -1.14. The first-order valence-electron chi connectivity index (χ1n) is 11.2. The number of hydrogen-bond acceptors (Lipinski definition) is 6. The summed E-state index contributed by atoms with van der Waals surface area (Å²) < 4.78 is 39.0. The molecule has 11 heteroatoms. The van der Waals surface area contributed by atoms with Gasteiger partial charge in [-0.25, -0.2) is 0 Å². The molecule has 1 aromatic carbocycles. The highest BCUT2D eigenvalue weighted by Gasteiger charge is 2.32. The van der Waals surface area contributed by atoms with Gasteiger partial charge in [-0.1, -0.05) is 13.0 Å². The van der Waals surface area contributed by atoms with Crippen LogP contribution in [0.1, 0.15) is 39.0 Å². The molecule has 0 spiro atoms. The fraction of sp³-hybridized carbons (Fsp3) is 0.154. The molecule has 4 aromatic rings. The van der Waals surface area contributed by atoms with Gasteiger partial charge in [0.05, 0.1) is 17.5 Å². The summed E-state index contributed by atoms with van der Waals surface area (Å²) >= 11 is 0. The number of benzene rings is 1. The zero-order valence-electron chi connectivity index (χ0n) is 19.8. The molecule has 0 aliphatic carbocycles. The maximum atomic E-state index is 13.0. The molecular weight excluding hydrogens is 485 g/mol. The number of aromatic nitrogens is 4. The van der Waals surface area contributed by atoms with Crippen LogP contribution in [-0.4, -0.2) is 39.0 Å². The second kappa shape index (κ2) is 10.5. The Kier molecular flexibility index (Phi) is 7.23. The van der Waals surface area contributed by atoms with Gasteiger partial charge < -0.3 is 10.6 Å². The molecule has 0 unspecified atom stereocenters. The molecule has 188 valence electrons. The molecule has 0 bridgehead atoms. The maximum Gasteiger partial charge on any atom is 0.418 e. The molecule has 0 aliphatic rings. The van der Waals surface area contributed by atoms with Crippen molar-refractivity contribution in [3.8, 4) is 22.4 Å². The fourth-order valence-corrected chi connectivity index (χ4v) is 3.66. The number of halogens is 3. The van der Waals surface area contributed by atoms with Crippen molar-refractivity contribution in [3.05, 3.63) is 89.6 Å². The van der Waals surface area contributed by atoms with E-state index in [-0.39, 0.29) is 11.6 Å². The highest BCUT2D eigenvalue weighted by Crippen LogP contribution is 2.31. The molecule has 2 amide bonds. The Morgan fingerprint density at radius 1 is 0.892 bits per heavy atom. The molecule has 37 heavy (non-hydrogen) atoms. The van der Waals surface area contributed by atoms with Crippen molar-refractivity contribution in [2.75, 3.05) is 12.4 Å². The van der Waals surface area contributed by atoms with E-state index in [1.165, 1.54) is 13.2 Å². The minimum atomic E-state index is -4.64. The van der Waals surface area contributed by atoms with Crippen LogP contribution < -0.4 is 10.6 Å². The predicted octanol–water partition coefficient (Wildman–Crippen LogP) is 4.79. The van der Waals surface area contributed by atoms with Crippen LogP contribution in [0.4, 0.5) is 18.9 Å². The van der Waals surface area contributed by atoms with E-state index in [4.69, 9.17) is 0 Å². The van der Waals surface area contributed by atoms with E-state index < -0.39 is 23.3 Å². The number of amides is 2. The van der Waals surface area contributed by atoms with Crippen molar-refractivity contribution in [2.24, 2.45) is 0 Å². The summed E-state index contributed by atoms with van der Waals surface area (Å²) in [6.07, 6.45) is -0.231. The minimum absolute atomic E-state index is 0.254. The van der Waals surface area contributed by atoms with Crippen LogP contribution in [0, 0.1) is 0 Å². The maximum absolute atomic E-state index is 13.0. The number of hydrogen-bond donors (Lipinski definition) is 2. The highest BCUT2D eigenvalue weighted by atomic mass is 19.4. The summed E-state index contributed by atoms with van der Waals surface area (Å²) in [6, 6.07) is 12.9. The van der Waals surface area contributed by atoms with Crippen molar-refractivity contribution in [2.45, 2.75) is 19.5 Å². The Morgan fingerprint density at radius 3 is 2.38 bits per heavy atom. The molecule has 0 saturated heterocycles. The zero-order chi connectivity index (χ0) is 26.6. The lowest BCUT2D eigenvalue weighted by Gasteiger charge is -2.13. The van der Waals surface area contributed by atoms with Gasteiger partial charge in [0, 0.05) is 30.7 Å². The topological polar surface area (TPSA) is 110 Å². The van der Waals surface area contributed by atoms with Gasteiger partial charge in [0.2, 0.25) is 0 Å². The number of carbonyl (C=O) groups is 2. The number of rotatable bonds is 6. The van der Waals surface area contributed by atoms with Crippen LogP contribution in [0.2, 0.25) is 0 Å². The molecule has 8 nitrogen and oxygen atoms in total. The summed E-state index contributed by atoms with van der Waals surface area (Å²) in [6.45, 7) is 1.98. The normalized spacial score (nSPS) is 11.2. The second-order valence-electron chi connectivity index (χ2n) is 7.95. The van der Waals surface area contributed by atoms with Crippen molar-refractivity contribution in [1.29, 1.82) is 0 Å². The summed E-state index contributed by atoms with van der Waals surface area (Å²) in [7, 11) is 1.52. The van der Waals surface area contributed by atoms with Gasteiger partial charge in [-0.2, -0.15) is 18.3 Å². The standard InChI is InChI=1S/C26H21F3N6O2/c1-3-15-4-5-19(34-25(37)23-12-18(14-33-35-23)26(27,28)29)13-20(15)16-6-8-31-21(10-16)17-7-9-32-22(11-17)24(36)30-2/h4-14H,3H2,1-2H3,(H,30,36)(H,34,37). The summed E-state index contributed by atoms with van der Waals surface area (Å²) in [5, 5.41) is 12.0. The van der Waals surface area contributed by atoms with Crippen LogP contribution in [0.25, 0.3) is 22.4 Å². The third-order valence-corrected chi connectivity index (χ3v) is 5.55. The quantitative estimate of drug-likeness (QED) is 0.389. The van der Waals surface area contributed by atoms with Gasteiger partial charge in [0.15, 0.2) is 5.69 Å². The lowest BCUT2D eigenvalue weighted by Crippen LogP contribution is -2.19. The fourth-order valence-electron chi connectivity index (χ4n) is 3.66. The van der Waals surface area contributed by atoms with Gasteiger partial charge in [0.1, 0.15) is 5.69 Å². The molecule has 0 atom stereocenters. The van der Waals surface area contributed by atoms with E-state index in [2.05, 4.69) is 30.8 Å². The zero-order valence-corrected chi connectivity index (χ0v) is 19.8. The first-order valence-corrected chi connectivity index (χ1v) is 11.2.